The van der Waals surface area contributed by atoms with Crippen LogP contribution < -0.4 is 10.4 Å². The maximum atomic E-state index is 12.5. The highest BCUT2D eigenvalue weighted by atomic mass is 35.5. The number of benzene rings is 1. The lowest BCUT2D eigenvalue weighted by Gasteiger charge is -2.10. The van der Waals surface area contributed by atoms with E-state index in [1.54, 1.807) is 16.7 Å². The highest BCUT2D eigenvalue weighted by Crippen LogP contribution is 2.32. The number of hydrogen-bond acceptors (Lipinski definition) is 3. The van der Waals surface area contributed by atoms with Crippen molar-refractivity contribution < 1.29 is 4.74 Å². The maximum Gasteiger partial charge on any atom is 0.350 e. The van der Waals surface area contributed by atoms with Crippen molar-refractivity contribution in [2.45, 2.75) is 39.2 Å². The molecule has 1 aromatic carbocycles. The van der Waals surface area contributed by atoms with Crippen molar-refractivity contribution in [2.24, 2.45) is 0 Å². The molecule has 0 radical (unpaired) electrons. The van der Waals surface area contributed by atoms with Crippen molar-refractivity contribution in [3.8, 4) is 11.4 Å². The van der Waals surface area contributed by atoms with E-state index < -0.39 is 0 Å². The summed E-state index contributed by atoms with van der Waals surface area (Å²) >= 11 is 12.4. The van der Waals surface area contributed by atoms with Gasteiger partial charge >= 0.3 is 5.69 Å². The Morgan fingerprint density at radius 2 is 2.09 bits per heavy atom. The number of hydrogen-bond donors (Lipinski definition) is 0. The van der Waals surface area contributed by atoms with Crippen LogP contribution in [-0.2, 0) is 13.0 Å². The van der Waals surface area contributed by atoms with Crippen LogP contribution in [0.3, 0.4) is 0 Å². The van der Waals surface area contributed by atoms with Gasteiger partial charge in [0, 0.05) is 19.0 Å². The third kappa shape index (κ3) is 2.75. The molecule has 0 atom stereocenters. The van der Waals surface area contributed by atoms with Gasteiger partial charge in [0.25, 0.3) is 0 Å². The van der Waals surface area contributed by atoms with Gasteiger partial charge < -0.3 is 4.74 Å². The minimum absolute atomic E-state index is 0.166. The fourth-order valence-electron chi connectivity index (χ4n) is 2.56. The van der Waals surface area contributed by atoms with Crippen LogP contribution in [0.1, 0.15) is 32.0 Å². The first kappa shape index (κ1) is 15.4. The van der Waals surface area contributed by atoms with Gasteiger partial charge in [0.05, 0.1) is 22.3 Å². The summed E-state index contributed by atoms with van der Waals surface area (Å²) < 4.78 is 8.66. The topological polar surface area (TPSA) is 49.0 Å². The van der Waals surface area contributed by atoms with Gasteiger partial charge in [0.2, 0.25) is 0 Å². The molecule has 2 aromatic rings. The number of ether oxygens (including phenoxy) is 1. The number of aromatic nitrogens is 3. The molecule has 0 fully saturated rings. The number of nitrogens with zero attached hydrogens (tertiary/aromatic N) is 3. The predicted molar refractivity (Wildman–Crippen MR) is 86.6 cm³/mol. The number of fused-ring (bicyclic) bond motifs is 1. The second-order valence-electron chi connectivity index (χ2n) is 5.30. The van der Waals surface area contributed by atoms with Gasteiger partial charge in [-0.1, -0.05) is 30.1 Å². The predicted octanol–water partition coefficient (Wildman–Crippen LogP) is 3.47. The lowest BCUT2D eigenvalue weighted by Crippen LogP contribution is -2.26. The van der Waals surface area contributed by atoms with Crippen molar-refractivity contribution in [1.29, 1.82) is 0 Å². The summed E-state index contributed by atoms with van der Waals surface area (Å²) in [6, 6.07) is 3.27. The smallest absolute Gasteiger partial charge is 0.350 e. The van der Waals surface area contributed by atoms with Gasteiger partial charge in [-0.15, -0.1) is 5.10 Å². The molecular formula is C15H17Cl2N3O2. The molecule has 0 bridgehead atoms. The molecule has 2 heterocycles. The van der Waals surface area contributed by atoms with Crippen LogP contribution in [0.4, 0.5) is 0 Å². The van der Waals surface area contributed by atoms with E-state index in [1.165, 1.54) is 4.68 Å². The molecule has 3 rings (SSSR count). The van der Waals surface area contributed by atoms with Gasteiger partial charge in [0.1, 0.15) is 11.6 Å². The Bertz CT molecular complexity index is 752. The van der Waals surface area contributed by atoms with E-state index in [0.29, 0.717) is 34.6 Å². The van der Waals surface area contributed by atoms with Crippen molar-refractivity contribution in [2.75, 3.05) is 6.61 Å². The Labute approximate surface area is 138 Å². The van der Waals surface area contributed by atoms with Gasteiger partial charge in [-0.2, -0.15) is 4.68 Å². The molecule has 22 heavy (non-hydrogen) atoms. The van der Waals surface area contributed by atoms with Gasteiger partial charge in [-0.05, 0) is 25.3 Å². The fraction of sp³-hybridized carbons (Fsp3) is 0.467. The lowest BCUT2D eigenvalue weighted by molar-refractivity contribution is 0.317. The van der Waals surface area contributed by atoms with E-state index in [9.17, 15) is 4.79 Å². The van der Waals surface area contributed by atoms with Crippen LogP contribution >= 0.6 is 23.2 Å². The first-order valence-electron chi connectivity index (χ1n) is 7.42. The molecular weight excluding hydrogens is 325 g/mol. The van der Waals surface area contributed by atoms with Crippen molar-refractivity contribution >= 4 is 23.2 Å². The van der Waals surface area contributed by atoms with Gasteiger partial charge in [-0.3, -0.25) is 4.57 Å². The summed E-state index contributed by atoms with van der Waals surface area (Å²) in [6.07, 6.45) is 3.73. The van der Waals surface area contributed by atoms with Crippen LogP contribution in [-0.4, -0.2) is 21.0 Å². The molecule has 0 spiro atoms. The van der Waals surface area contributed by atoms with E-state index in [2.05, 4.69) is 5.10 Å². The lowest BCUT2D eigenvalue weighted by atomic mass is 10.2. The zero-order valence-corrected chi connectivity index (χ0v) is 13.8. The van der Waals surface area contributed by atoms with Crippen molar-refractivity contribution in [1.82, 2.24) is 14.3 Å². The fourth-order valence-corrected chi connectivity index (χ4v) is 3.08. The Kier molecular flexibility index (Phi) is 4.45. The maximum absolute atomic E-state index is 12.5. The Hall–Kier alpha value is -1.46. The average molecular weight is 342 g/mol. The summed E-state index contributed by atoms with van der Waals surface area (Å²) in [6.45, 7) is 3.27. The first-order valence-corrected chi connectivity index (χ1v) is 8.18. The Morgan fingerprint density at radius 1 is 1.27 bits per heavy atom. The van der Waals surface area contributed by atoms with Gasteiger partial charge in [0.15, 0.2) is 0 Å². The molecule has 118 valence electrons. The second kappa shape index (κ2) is 6.34. The number of aryl methyl sites for hydroxylation is 1. The molecule has 1 aliphatic heterocycles. The minimum atomic E-state index is -0.166. The monoisotopic (exact) mass is 341 g/mol. The number of rotatable bonds is 4. The van der Waals surface area contributed by atoms with Crippen LogP contribution in [0.5, 0.6) is 5.75 Å². The zero-order valence-electron chi connectivity index (χ0n) is 12.3. The van der Waals surface area contributed by atoms with Crippen LogP contribution in [0.2, 0.25) is 10.0 Å². The van der Waals surface area contributed by atoms with E-state index in [4.69, 9.17) is 27.9 Å². The molecule has 1 aromatic heterocycles. The molecule has 5 nitrogen and oxygen atoms in total. The standard InChI is InChI=1S/C15H17Cl2N3O2/c1-2-7-22-13-9-12(10(16)8-11(13)17)20-15(21)19-6-4-3-5-14(19)18-20/h8-9H,2-7H2,1H3. The van der Waals surface area contributed by atoms with Gasteiger partial charge in [-0.25, -0.2) is 4.79 Å². The first-order chi connectivity index (χ1) is 10.6. The van der Waals surface area contributed by atoms with Crippen molar-refractivity contribution in [3.05, 3.63) is 38.5 Å². The van der Waals surface area contributed by atoms with E-state index >= 15 is 0 Å². The molecule has 0 amide bonds. The summed E-state index contributed by atoms with van der Waals surface area (Å²) in [5.41, 5.74) is 0.337. The van der Waals surface area contributed by atoms with E-state index in [0.717, 1.165) is 31.5 Å². The number of halogens is 2. The third-order valence-electron chi connectivity index (χ3n) is 3.66. The highest BCUT2D eigenvalue weighted by Gasteiger charge is 2.20. The largest absolute Gasteiger partial charge is 0.492 e. The summed E-state index contributed by atoms with van der Waals surface area (Å²) in [5.74, 6) is 1.32. The van der Waals surface area contributed by atoms with Crippen LogP contribution in [0, 0.1) is 0 Å². The summed E-state index contributed by atoms with van der Waals surface area (Å²) in [4.78, 5) is 12.5. The Balaban J connectivity index is 2.08. The SMILES string of the molecule is CCCOc1cc(-n2nc3n(c2=O)CCCC3)c(Cl)cc1Cl. The van der Waals surface area contributed by atoms with Crippen LogP contribution in [0.15, 0.2) is 16.9 Å². The molecule has 1 aliphatic rings. The molecule has 0 unspecified atom stereocenters. The highest BCUT2D eigenvalue weighted by molar-refractivity contribution is 6.36. The second-order valence-corrected chi connectivity index (χ2v) is 6.12. The molecule has 0 aliphatic carbocycles. The normalized spacial score (nSPS) is 14.0. The molecule has 0 saturated carbocycles. The molecule has 0 saturated heterocycles. The summed E-state index contributed by atoms with van der Waals surface area (Å²) in [5, 5.41) is 5.23. The quantitative estimate of drug-likeness (QED) is 0.855. The third-order valence-corrected chi connectivity index (χ3v) is 4.26. The van der Waals surface area contributed by atoms with Crippen LogP contribution in [0.25, 0.3) is 5.69 Å². The minimum Gasteiger partial charge on any atom is -0.492 e. The zero-order chi connectivity index (χ0) is 15.7. The van der Waals surface area contributed by atoms with Crippen molar-refractivity contribution in [3.63, 3.8) is 0 Å². The van der Waals surface area contributed by atoms with E-state index in [-0.39, 0.29) is 5.69 Å². The Morgan fingerprint density at radius 3 is 2.82 bits per heavy atom. The van der Waals surface area contributed by atoms with E-state index in [1.807, 2.05) is 6.92 Å². The average Bonchev–Trinajstić information content (AvgIpc) is 2.84. The molecule has 7 heteroatoms. The molecule has 0 N–H and O–H groups in total. The summed E-state index contributed by atoms with van der Waals surface area (Å²) in [7, 11) is 0.